The molecular weight excluding hydrogens is 434 g/mol. The van der Waals surface area contributed by atoms with Crippen molar-refractivity contribution in [2.45, 2.75) is 33.4 Å². The lowest BCUT2D eigenvalue weighted by Gasteiger charge is -2.12. The summed E-state index contributed by atoms with van der Waals surface area (Å²) in [5.41, 5.74) is 11.9. The Bertz CT molecular complexity index is 1350. The molecule has 3 N–H and O–H groups in total. The van der Waals surface area contributed by atoms with Gasteiger partial charge in [-0.3, -0.25) is 4.72 Å². The molecule has 4 rings (SSSR count). The number of nitrogens with one attached hydrogen (secondary N) is 1. The molecule has 0 aliphatic rings. The first-order chi connectivity index (χ1) is 15.9. The third kappa shape index (κ3) is 4.98. The van der Waals surface area contributed by atoms with Gasteiger partial charge >= 0.3 is 0 Å². The smallest absolute Gasteiger partial charge is 0.232 e. The Balaban J connectivity index is 1.68. The summed E-state index contributed by atoms with van der Waals surface area (Å²) in [5.74, 6) is 0.795. The van der Waals surface area contributed by atoms with Gasteiger partial charge in [-0.05, 0) is 49.2 Å². The van der Waals surface area contributed by atoms with E-state index >= 15 is 0 Å². The third-order valence-electron chi connectivity index (χ3n) is 5.58. The first kappa shape index (κ1) is 22.7. The molecule has 0 radical (unpaired) electrons. The maximum atomic E-state index is 11.9. The molecule has 6 nitrogen and oxygen atoms in total. The van der Waals surface area contributed by atoms with Gasteiger partial charge < -0.3 is 15.0 Å². The lowest BCUT2D eigenvalue weighted by atomic mass is 10.1. The highest BCUT2D eigenvalue weighted by Gasteiger charge is 2.17. The van der Waals surface area contributed by atoms with E-state index in [2.05, 4.69) is 22.3 Å². The molecule has 0 unspecified atom stereocenters. The fourth-order valence-corrected chi connectivity index (χ4v) is 4.54. The van der Waals surface area contributed by atoms with E-state index in [1.807, 2.05) is 54.6 Å². The normalized spacial score (nSPS) is 11.6. The van der Waals surface area contributed by atoms with Crippen LogP contribution in [0.25, 0.3) is 22.2 Å². The average Bonchev–Trinajstić information content (AvgIpc) is 3.10. The molecule has 3 aromatic carbocycles. The number of benzene rings is 3. The Morgan fingerprint density at radius 1 is 0.970 bits per heavy atom. The molecule has 33 heavy (non-hydrogen) atoms. The van der Waals surface area contributed by atoms with E-state index in [0.717, 1.165) is 46.4 Å². The summed E-state index contributed by atoms with van der Waals surface area (Å²) < 4.78 is 34.5. The number of ether oxygens (including phenoxy) is 1. The first-order valence-electron chi connectivity index (χ1n) is 11.1. The van der Waals surface area contributed by atoms with E-state index in [0.29, 0.717) is 18.0 Å². The molecule has 172 valence electrons. The highest BCUT2D eigenvalue weighted by atomic mass is 32.2. The lowest BCUT2D eigenvalue weighted by Crippen LogP contribution is -2.14. The number of aryl methyl sites for hydroxylation is 1. The Morgan fingerprint density at radius 3 is 2.36 bits per heavy atom. The molecule has 4 aromatic rings. The van der Waals surface area contributed by atoms with E-state index in [1.54, 1.807) is 19.1 Å². The summed E-state index contributed by atoms with van der Waals surface area (Å²) in [4.78, 5) is 0. The van der Waals surface area contributed by atoms with Gasteiger partial charge in [0.2, 0.25) is 10.0 Å². The van der Waals surface area contributed by atoms with Crippen LogP contribution in [-0.2, 0) is 23.2 Å². The van der Waals surface area contributed by atoms with Gasteiger partial charge in [-0.1, -0.05) is 49.4 Å². The van der Waals surface area contributed by atoms with Crippen molar-refractivity contribution in [3.63, 3.8) is 0 Å². The molecule has 1 heterocycles. The van der Waals surface area contributed by atoms with Crippen LogP contribution >= 0.6 is 0 Å². The van der Waals surface area contributed by atoms with Crippen LogP contribution in [0.2, 0.25) is 0 Å². The van der Waals surface area contributed by atoms with Gasteiger partial charge in [0.1, 0.15) is 12.4 Å². The van der Waals surface area contributed by atoms with Gasteiger partial charge in [-0.2, -0.15) is 0 Å². The number of hydrogen-bond donors (Lipinski definition) is 2. The summed E-state index contributed by atoms with van der Waals surface area (Å²) in [5, 5.41) is 0.944. The molecule has 0 atom stereocenters. The molecule has 1 aromatic heterocycles. The number of nitrogens with zero attached hydrogens (tertiary/aromatic N) is 1. The van der Waals surface area contributed by atoms with Crippen molar-refractivity contribution < 1.29 is 13.2 Å². The minimum Gasteiger partial charge on any atom is -0.489 e. The van der Waals surface area contributed by atoms with Crippen molar-refractivity contribution in [1.82, 2.24) is 4.57 Å². The van der Waals surface area contributed by atoms with E-state index in [9.17, 15) is 8.42 Å². The Hall–Kier alpha value is -3.45. The minimum atomic E-state index is -3.32. The number of hydrogen-bond acceptors (Lipinski definition) is 4. The van der Waals surface area contributed by atoms with E-state index < -0.39 is 10.0 Å². The Labute approximate surface area is 195 Å². The third-order valence-corrected chi connectivity index (χ3v) is 6.89. The Morgan fingerprint density at radius 2 is 1.70 bits per heavy atom. The number of nitrogen functional groups attached to an aromatic ring is 1. The van der Waals surface area contributed by atoms with Crippen LogP contribution in [0.3, 0.4) is 0 Å². The van der Waals surface area contributed by atoms with Crippen molar-refractivity contribution in [2.75, 3.05) is 16.2 Å². The van der Waals surface area contributed by atoms with Gasteiger partial charge in [0, 0.05) is 23.2 Å². The first-order valence-corrected chi connectivity index (χ1v) is 12.8. The molecule has 0 bridgehead atoms. The number of fused-ring (bicyclic) bond motifs is 1. The Kier molecular flexibility index (Phi) is 6.60. The van der Waals surface area contributed by atoms with Gasteiger partial charge in [-0.25, -0.2) is 8.42 Å². The van der Waals surface area contributed by atoms with Crippen LogP contribution in [-0.4, -0.2) is 18.7 Å². The molecule has 0 saturated heterocycles. The predicted octanol–water partition coefficient (Wildman–Crippen LogP) is 5.64. The maximum Gasteiger partial charge on any atom is 0.232 e. The lowest BCUT2D eigenvalue weighted by molar-refractivity contribution is 0.306. The van der Waals surface area contributed by atoms with Crippen molar-refractivity contribution in [1.29, 1.82) is 0 Å². The van der Waals surface area contributed by atoms with Crippen LogP contribution in [0.1, 0.15) is 25.8 Å². The SMILES string of the molecule is CCCn1c(-c2ccc(NS(=O)(=O)CC)cc2)c(N)c2cc(OCc3ccccc3)ccc21. The second kappa shape index (κ2) is 9.58. The highest BCUT2D eigenvalue weighted by molar-refractivity contribution is 7.92. The molecule has 0 aliphatic carbocycles. The second-order valence-corrected chi connectivity index (χ2v) is 9.96. The van der Waals surface area contributed by atoms with Crippen LogP contribution in [0.4, 0.5) is 11.4 Å². The van der Waals surface area contributed by atoms with E-state index in [4.69, 9.17) is 10.5 Å². The molecule has 0 spiro atoms. The second-order valence-electron chi connectivity index (χ2n) is 7.95. The van der Waals surface area contributed by atoms with Crippen molar-refractivity contribution in [2.24, 2.45) is 0 Å². The summed E-state index contributed by atoms with van der Waals surface area (Å²) in [7, 11) is -3.32. The summed E-state index contributed by atoms with van der Waals surface area (Å²) in [6, 6.07) is 23.4. The summed E-state index contributed by atoms with van der Waals surface area (Å²) in [6.45, 7) is 5.05. The fraction of sp³-hybridized carbons (Fsp3) is 0.231. The largest absolute Gasteiger partial charge is 0.489 e. The highest BCUT2D eigenvalue weighted by Crippen LogP contribution is 2.38. The zero-order valence-electron chi connectivity index (χ0n) is 18.9. The summed E-state index contributed by atoms with van der Waals surface area (Å²) in [6.07, 6.45) is 0.955. The molecule has 7 heteroatoms. The zero-order valence-corrected chi connectivity index (χ0v) is 19.7. The monoisotopic (exact) mass is 463 g/mol. The number of nitrogens with two attached hydrogens (primary N) is 1. The number of sulfonamides is 1. The molecule has 0 amide bonds. The van der Waals surface area contributed by atoms with Crippen molar-refractivity contribution in [3.8, 4) is 17.0 Å². The minimum absolute atomic E-state index is 0.0289. The molecule has 0 aliphatic heterocycles. The van der Waals surface area contributed by atoms with Crippen LogP contribution in [0, 0.1) is 0 Å². The van der Waals surface area contributed by atoms with Gasteiger partial charge in [0.05, 0.1) is 22.7 Å². The van der Waals surface area contributed by atoms with Crippen LogP contribution in [0.5, 0.6) is 5.75 Å². The molecular formula is C26H29N3O3S. The van der Waals surface area contributed by atoms with Crippen LogP contribution in [0.15, 0.2) is 72.8 Å². The van der Waals surface area contributed by atoms with E-state index in [1.165, 1.54) is 0 Å². The molecule has 0 fully saturated rings. The van der Waals surface area contributed by atoms with Crippen molar-refractivity contribution >= 4 is 32.3 Å². The van der Waals surface area contributed by atoms with Gasteiger partial charge in [0.15, 0.2) is 0 Å². The average molecular weight is 464 g/mol. The van der Waals surface area contributed by atoms with Crippen LogP contribution < -0.4 is 15.2 Å². The van der Waals surface area contributed by atoms with E-state index in [-0.39, 0.29) is 5.75 Å². The number of anilines is 2. The topological polar surface area (TPSA) is 86.4 Å². The number of rotatable bonds is 9. The standard InChI is InChI=1S/C26H29N3O3S/c1-3-16-29-24-15-14-22(32-18-19-8-6-5-7-9-19)17-23(24)25(27)26(29)20-10-12-21(13-11-20)28-33(30,31)4-2/h5-15,17,28H,3-4,16,18,27H2,1-2H3. The van der Waals surface area contributed by atoms with Gasteiger partial charge in [0.25, 0.3) is 0 Å². The zero-order chi connectivity index (χ0) is 23.4. The maximum absolute atomic E-state index is 11.9. The molecule has 0 saturated carbocycles. The van der Waals surface area contributed by atoms with Crippen molar-refractivity contribution in [3.05, 3.63) is 78.4 Å². The summed E-state index contributed by atoms with van der Waals surface area (Å²) >= 11 is 0. The fourth-order valence-electron chi connectivity index (χ4n) is 3.91. The van der Waals surface area contributed by atoms with Gasteiger partial charge in [-0.15, -0.1) is 0 Å². The quantitative estimate of drug-likeness (QED) is 0.336. The number of aromatic nitrogens is 1. The predicted molar refractivity (Wildman–Crippen MR) is 136 cm³/mol.